The van der Waals surface area contributed by atoms with E-state index in [2.05, 4.69) is 53.6 Å². The molecule has 0 saturated carbocycles. The third kappa shape index (κ3) is 7.16. The standard InChI is InChI=1S/C25H29N5O4S/c1-5-30-23(17-10-12-19(13-11-17)25(2,3)4)28-29-24(30)35-16-21(31)27-26-14-18-8-6-7-9-20(18)34-15-22(32)33/h6-14H,5,15-16H2,1-4H3,(H,27,31)(H,32,33)/p-1/b26-14-. The highest BCUT2D eigenvalue weighted by Gasteiger charge is 2.17. The van der Waals surface area contributed by atoms with Gasteiger partial charge in [0.2, 0.25) is 0 Å². The Hall–Kier alpha value is -3.66. The lowest BCUT2D eigenvalue weighted by Crippen LogP contribution is -2.29. The van der Waals surface area contributed by atoms with Crippen molar-refractivity contribution in [3.8, 4) is 17.1 Å². The summed E-state index contributed by atoms with van der Waals surface area (Å²) < 4.78 is 7.13. The van der Waals surface area contributed by atoms with Crippen LogP contribution < -0.4 is 15.3 Å². The minimum atomic E-state index is -1.33. The predicted molar refractivity (Wildman–Crippen MR) is 133 cm³/mol. The molecule has 0 bridgehead atoms. The minimum absolute atomic E-state index is 0.0683. The average molecular weight is 495 g/mol. The van der Waals surface area contributed by atoms with E-state index in [1.165, 1.54) is 23.5 Å². The second-order valence-electron chi connectivity index (χ2n) is 8.66. The molecule has 184 valence electrons. The summed E-state index contributed by atoms with van der Waals surface area (Å²) >= 11 is 1.27. The third-order valence-electron chi connectivity index (χ3n) is 5.03. The van der Waals surface area contributed by atoms with Crippen LogP contribution in [0.25, 0.3) is 11.4 Å². The number of nitrogens with zero attached hydrogens (tertiary/aromatic N) is 4. The van der Waals surface area contributed by atoms with Gasteiger partial charge in [-0.25, -0.2) is 5.43 Å². The highest BCUT2D eigenvalue weighted by molar-refractivity contribution is 7.99. The van der Waals surface area contributed by atoms with Crippen LogP contribution in [0.2, 0.25) is 0 Å². The van der Waals surface area contributed by atoms with Gasteiger partial charge in [0.1, 0.15) is 12.4 Å². The Labute approximate surface area is 208 Å². The molecule has 3 aromatic rings. The number of hydrogen-bond acceptors (Lipinski definition) is 8. The molecule has 10 heteroatoms. The number of nitrogens with one attached hydrogen (secondary N) is 1. The van der Waals surface area contributed by atoms with Gasteiger partial charge in [-0.05, 0) is 30.0 Å². The van der Waals surface area contributed by atoms with Gasteiger partial charge in [-0.15, -0.1) is 10.2 Å². The van der Waals surface area contributed by atoms with Crippen molar-refractivity contribution in [3.05, 3.63) is 59.7 Å². The number of aromatic nitrogens is 3. The van der Waals surface area contributed by atoms with Crippen molar-refractivity contribution in [3.63, 3.8) is 0 Å². The Morgan fingerprint density at radius 3 is 2.51 bits per heavy atom. The fourth-order valence-corrected chi connectivity index (χ4v) is 4.00. The first kappa shape index (κ1) is 26.0. The summed E-state index contributed by atoms with van der Waals surface area (Å²) in [6.07, 6.45) is 1.39. The summed E-state index contributed by atoms with van der Waals surface area (Å²) in [7, 11) is 0. The number of benzene rings is 2. The normalized spacial score (nSPS) is 11.5. The molecule has 0 unspecified atom stereocenters. The van der Waals surface area contributed by atoms with Gasteiger partial charge in [-0.2, -0.15) is 5.10 Å². The van der Waals surface area contributed by atoms with Crippen LogP contribution >= 0.6 is 11.8 Å². The Morgan fingerprint density at radius 1 is 1.14 bits per heavy atom. The largest absolute Gasteiger partial charge is 0.546 e. The molecule has 1 amide bonds. The zero-order valence-electron chi connectivity index (χ0n) is 20.1. The number of aliphatic carboxylic acids is 1. The summed E-state index contributed by atoms with van der Waals surface area (Å²) in [6, 6.07) is 15.0. The monoisotopic (exact) mass is 494 g/mol. The zero-order valence-corrected chi connectivity index (χ0v) is 21.0. The molecular formula is C25H28N5O4S-. The Balaban J connectivity index is 1.60. The van der Waals surface area contributed by atoms with Gasteiger partial charge < -0.3 is 19.2 Å². The van der Waals surface area contributed by atoms with Crippen molar-refractivity contribution in [2.45, 2.75) is 44.8 Å². The number of carbonyl (C=O) groups excluding carboxylic acids is 2. The van der Waals surface area contributed by atoms with E-state index in [4.69, 9.17) is 4.74 Å². The number of thioether (sulfide) groups is 1. The van der Waals surface area contributed by atoms with Crippen LogP contribution in [-0.2, 0) is 21.5 Å². The second-order valence-corrected chi connectivity index (χ2v) is 9.60. The van der Waals surface area contributed by atoms with Crippen LogP contribution in [-0.4, -0.2) is 45.2 Å². The number of rotatable bonds is 10. The van der Waals surface area contributed by atoms with Gasteiger partial charge >= 0.3 is 0 Å². The lowest BCUT2D eigenvalue weighted by molar-refractivity contribution is -0.307. The molecule has 9 nitrogen and oxygen atoms in total. The number of para-hydroxylation sites is 1. The van der Waals surface area contributed by atoms with E-state index in [1.807, 2.05) is 23.6 Å². The smallest absolute Gasteiger partial charge is 0.250 e. The highest BCUT2D eigenvalue weighted by Crippen LogP contribution is 2.27. The van der Waals surface area contributed by atoms with E-state index in [1.54, 1.807) is 24.3 Å². The third-order valence-corrected chi connectivity index (χ3v) is 6.00. The predicted octanol–water partition coefficient (Wildman–Crippen LogP) is 2.63. The SMILES string of the molecule is CCn1c(SCC(=O)N/N=C\c2ccccc2OCC(=O)[O-])nnc1-c1ccc(C(C)(C)C)cc1. The van der Waals surface area contributed by atoms with E-state index >= 15 is 0 Å². The molecule has 3 rings (SSSR count). The maximum absolute atomic E-state index is 12.3. The first-order valence-corrected chi connectivity index (χ1v) is 12.1. The van der Waals surface area contributed by atoms with Crippen molar-refractivity contribution in [2.75, 3.05) is 12.4 Å². The lowest BCUT2D eigenvalue weighted by Gasteiger charge is -2.19. The summed E-state index contributed by atoms with van der Waals surface area (Å²) in [5.74, 6) is -0.472. The van der Waals surface area contributed by atoms with Gasteiger partial charge in [0, 0.05) is 17.7 Å². The molecule has 35 heavy (non-hydrogen) atoms. The topological polar surface area (TPSA) is 122 Å². The zero-order chi connectivity index (χ0) is 25.4. The summed E-state index contributed by atoms with van der Waals surface area (Å²) in [4.78, 5) is 22.9. The average Bonchev–Trinajstić information content (AvgIpc) is 3.24. The van der Waals surface area contributed by atoms with E-state index in [0.29, 0.717) is 23.0 Å². The summed E-state index contributed by atoms with van der Waals surface area (Å²) in [5, 5.41) is 23.8. The Bertz CT molecular complexity index is 1200. The second kappa shape index (κ2) is 11.7. The molecule has 0 radical (unpaired) electrons. The Kier molecular flexibility index (Phi) is 8.64. The lowest BCUT2D eigenvalue weighted by atomic mass is 9.87. The molecule has 1 N–H and O–H groups in total. The van der Waals surface area contributed by atoms with Crippen molar-refractivity contribution in [2.24, 2.45) is 5.10 Å². The van der Waals surface area contributed by atoms with Crippen LogP contribution in [0, 0.1) is 0 Å². The molecule has 0 spiro atoms. The van der Waals surface area contributed by atoms with Crippen molar-refractivity contribution < 1.29 is 19.4 Å². The Morgan fingerprint density at radius 2 is 1.86 bits per heavy atom. The quantitative estimate of drug-likeness (QED) is 0.261. The molecule has 2 aromatic carbocycles. The number of hydrogen-bond donors (Lipinski definition) is 1. The number of carboxylic acids is 1. The summed E-state index contributed by atoms with van der Waals surface area (Å²) in [5.41, 5.74) is 5.25. The van der Waals surface area contributed by atoms with Crippen LogP contribution in [0.15, 0.2) is 58.8 Å². The van der Waals surface area contributed by atoms with Gasteiger partial charge in [0.05, 0.1) is 17.9 Å². The van der Waals surface area contributed by atoms with E-state index in [0.717, 1.165) is 11.4 Å². The minimum Gasteiger partial charge on any atom is -0.546 e. The van der Waals surface area contributed by atoms with E-state index in [9.17, 15) is 14.7 Å². The van der Waals surface area contributed by atoms with E-state index in [-0.39, 0.29) is 17.1 Å². The molecule has 1 heterocycles. The van der Waals surface area contributed by atoms with Gasteiger partial charge in [-0.3, -0.25) is 4.79 Å². The molecule has 0 atom stereocenters. The molecular weight excluding hydrogens is 466 g/mol. The number of amides is 1. The fourth-order valence-electron chi connectivity index (χ4n) is 3.20. The van der Waals surface area contributed by atoms with Gasteiger partial charge in [-0.1, -0.05) is 68.9 Å². The van der Waals surface area contributed by atoms with Crippen LogP contribution in [0.1, 0.15) is 38.8 Å². The molecule has 0 aliphatic heterocycles. The van der Waals surface area contributed by atoms with Crippen LogP contribution in [0.5, 0.6) is 5.75 Å². The first-order chi connectivity index (χ1) is 16.7. The van der Waals surface area contributed by atoms with Gasteiger partial charge in [0.25, 0.3) is 5.91 Å². The molecule has 0 saturated heterocycles. The number of carboxylic acid groups (broad SMARTS) is 1. The van der Waals surface area contributed by atoms with Crippen molar-refractivity contribution in [1.29, 1.82) is 0 Å². The van der Waals surface area contributed by atoms with Crippen LogP contribution in [0.4, 0.5) is 0 Å². The van der Waals surface area contributed by atoms with Crippen LogP contribution in [0.3, 0.4) is 0 Å². The maximum Gasteiger partial charge on any atom is 0.250 e. The van der Waals surface area contributed by atoms with Gasteiger partial charge in [0.15, 0.2) is 11.0 Å². The number of hydrazone groups is 1. The molecule has 0 aliphatic carbocycles. The highest BCUT2D eigenvalue weighted by atomic mass is 32.2. The van der Waals surface area contributed by atoms with E-state index < -0.39 is 12.6 Å². The maximum atomic E-state index is 12.3. The van der Waals surface area contributed by atoms with Crippen molar-refractivity contribution >= 4 is 29.9 Å². The molecule has 0 aliphatic rings. The first-order valence-electron chi connectivity index (χ1n) is 11.1. The molecule has 0 fully saturated rings. The molecule has 1 aromatic heterocycles. The van der Waals surface area contributed by atoms with Crippen molar-refractivity contribution in [1.82, 2.24) is 20.2 Å². The number of ether oxygens (including phenoxy) is 1. The summed E-state index contributed by atoms with van der Waals surface area (Å²) in [6.45, 7) is 8.60. The number of carbonyl (C=O) groups is 2. The fraction of sp³-hybridized carbons (Fsp3) is 0.320.